The molecule has 0 amide bonds. The molecular formula is C16H19NO4S. The molecule has 0 fully saturated rings. The average Bonchev–Trinajstić information content (AvgIpc) is 2.54. The highest BCUT2D eigenvalue weighted by molar-refractivity contribution is 7.92. The second-order valence-electron chi connectivity index (χ2n) is 4.93. The highest BCUT2D eigenvalue weighted by Crippen LogP contribution is 2.28. The van der Waals surface area contributed by atoms with E-state index in [-0.39, 0.29) is 23.6 Å². The Morgan fingerprint density at radius 3 is 2.45 bits per heavy atom. The molecule has 0 saturated heterocycles. The molecule has 0 radical (unpaired) electrons. The summed E-state index contributed by atoms with van der Waals surface area (Å²) in [4.78, 5) is 0.260. The molecule has 0 aliphatic rings. The summed E-state index contributed by atoms with van der Waals surface area (Å²) in [6, 6.07) is 13.0. The van der Waals surface area contributed by atoms with Gasteiger partial charge in [-0.15, -0.1) is 0 Å². The van der Waals surface area contributed by atoms with E-state index >= 15 is 0 Å². The Kier molecular flexibility index (Phi) is 5.05. The standard InChI is InChI=1S/C16H19NO4S/c1-21-16-10-12(7-8-15(16)18)9-14(11-17)22(19,20)13-5-3-2-4-6-13/h2-8,10,14,18H,9,11,17H2,1H3. The van der Waals surface area contributed by atoms with E-state index in [4.69, 9.17) is 10.5 Å². The van der Waals surface area contributed by atoms with Crippen LogP contribution in [-0.4, -0.2) is 32.4 Å². The monoisotopic (exact) mass is 321 g/mol. The number of sulfone groups is 1. The van der Waals surface area contributed by atoms with E-state index in [0.717, 1.165) is 5.56 Å². The van der Waals surface area contributed by atoms with E-state index in [1.807, 2.05) is 0 Å². The van der Waals surface area contributed by atoms with Crippen LogP contribution in [0, 0.1) is 0 Å². The van der Waals surface area contributed by atoms with Crippen molar-refractivity contribution in [1.29, 1.82) is 0 Å². The van der Waals surface area contributed by atoms with E-state index in [1.54, 1.807) is 42.5 Å². The molecule has 2 aromatic carbocycles. The Bertz CT molecular complexity index is 729. The van der Waals surface area contributed by atoms with Gasteiger partial charge >= 0.3 is 0 Å². The number of phenols is 1. The first-order chi connectivity index (χ1) is 10.5. The van der Waals surface area contributed by atoms with Gasteiger partial charge in [0, 0.05) is 6.54 Å². The molecule has 0 spiro atoms. The van der Waals surface area contributed by atoms with Gasteiger partial charge in [-0.1, -0.05) is 24.3 Å². The quantitative estimate of drug-likeness (QED) is 0.846. The minimum atomic E-state index is -3.51. The molecule has 6 heteroatoms. The van der Waals surface area contributed by atoms with Gasteiger partial charge in [-0.25, -0.2) is 8.42 Å². The predicted molar refractivity (Wildman–Crippen MR) is 84.8 cm³/mol. The molecular weight excluding hydrogens is 302 g/mol. The lowest BCUT2D eigenvalue weighted by Gasteiger charge is -2.16. The molecule has 0 bridgehead atoms. The summed E-state index contributed by atoms with van der Waals surface area (Å²) in [5.41, 5.74) is 6.43. The Balaban J connectivity index is 2.30. The highest BCUT2D eigenvalue weighted by atomic mass is 32.2. The van der Waals surface area contributed by atoms with Gasteiger partial charge in [0.15, 0.2) is 21.3 Å². The van der Waals surface area contributed by atoms with Crippen molar-refractivity contribution in [1.82, 2.24) is 0 Å². The van der Waals surface area contributed by atoms with Crippen molar-refractivity contribution >= 4 is 9.84 Å². The minimum Gasteiger partial charge on any atom is -0.504 e. The number of phenolic OH excluding ortho intramolecular Hbond substituents is 1. The molecule has 0 aliphatic heterocycles. The number of rotatable bonds is 6. The molecule has 5 nitrogen and oxygen atoms in total. The van der Waals surface area contributed by atoms with Gasteiger partial charge in [-0.2, -0.15) is 0 Å². The van der Waals surface area contributed by atoms with E-state index in [1.165, 1.54) is 13.2 Å². The van der Waals surface area contributed by atoms with Crippen molar-refractivity contribution in [2.24, 2.45) is 5.73 Å². The van der Waals surface area contributed by atoms with Gasteiger partial charge in [0.1, 0.15) is 0 Å². The second-order valence-corrected chi connectivity index (χ2v) is 7.15. The van der Waals surface area contributed by atoms with Crippen molar-refractivity contribution in [3.8, 4) is 11.5 Å². The fourth-order valence-corrected chi connectivity index (χ4v) is 3.82. The number of hydrogen-bond acceptors (Lipinski definition) is 5. The largest absolute Gasteiger partial charge is 0.504 e. The number of aromatic hydroxyl groups is 1. The van der Waals surface area contributed by atoms with Gasteiger partial charge in [0.2, 0.25) is 0 Å². The van der Waals surface area contributed by atoms with Crippen LogP contribution in [-0.2, 0) is 16.3 Å². The highest BCUT2D eigenvalue weighted by Gasteiger charge is 2.26. The lowest BCUT2D eigenvalue weighted by atomic mass is 10.1. The maximum absolute atomic E-state index is 12.6. The third-order valence-corrected chi connectivity index (χ3v) is 5.65. The minimum absolute atomic E-state index is 0.0143. The number of benzene rings is 2. The normalized spacial score (nSPS) is 12.8. The number of ether oxygens (including phenoxy) is 1. The lowest BCUT2D eigenvalue weighted by molar-refractivity contribution is 0.373. The molecule has 2 aromatic rings. The first kappa shape index (κ1) is 16.3. The smallest absolute Gasteiger partial charge is 0.182 e. The number of methoxy groups -OCH3 is 1. The Labute approximate surface area is 130 Å². The van der Waals surface area contributed by atoms with Crippen LogP contribution in [0.25, 0.3) is 0 Å². The SMILES string of the molecule is COc1cc(CC(CN)S(=O)(=O)c2ccccc2)ccc1O. The summed E-state index contributed by atoms with van der Waals surface area (Å²) in [7, 11) is -2.06. The maximum atomic E-state index is 12.6. The molecule has 3 N–H and O–H groups in total. The molecule has 0 aliphatic carbocycles. The van der Waals surface area contributed by atoms with Crippen LogP contribution in [0.1, 0.15) is 5.56 Å². The average molecular weight is 321 g/mol. The molecule has 22 heavy (non-hydrogen) atoms. The van der Waals surface area contributed by atoms with Gasteiger partial charge in [0.05, 0.1) is 17.3 Å². The maximum Gasteiger partial charge on any atom is 0.182 e. The van der Waals surface area contributed by atoms with Crippen LogP contribution < -0.4 is 10.5 Å². The van der Waals surface area contributed by atoms with Crippen molar-refractivity contribution in [3.05, 3.63) is 54.1 Å². The van der Waals surface area contributed by atoms with Crippen LogP contribution in [0.15, 0.2) is 53.4 Å². The second kappa shape index (κ2) is 6.81. The van der Waals surface area contributed by atoms with Crippen LogP contribution in [0.4, 0.5) is 0 Å². The van der Waals surface area contributed by atoms with E-state index in [0.29, 0.717) is 5.75 Å². The first-order valence-electron chi connectivity index (χ1n) is 6.84. The Morgan fingerprint density at radius 2 is 1.86 bits per heavy atom. The van der Waals surface area contributed by atoms with Crippen LogP contribution in [0.5, 0.6) is 11.5 Å². The van der Waals surface area contributed by atoms with E-state index in [2.05, 4.69) is 0 Å². The summed E-state index contributed by atoms with van der Waals surface area (Å²) in [6.45, 7) is 0.0143. The molecule has 0 saturated carbocycles. The summed E-state index contributed by atoms with van der Waals surface area (Å²) < 4.78 is 30.3. The van der Waals surface area contributed by atoms with Crippen LogP contribution in [0.3, 0.4) is 0 Å². The summed E-state index contributed by atoms with van der Waals surface area (Å²) in [5, 5.41) is 8.86. The van der Waals surface area contributed by atoms with Crippen molar-refractivity contribution in [3.63, 3.8) is 0 Å². The zero-order valence-corrected chi connectivity index (χ0v) is 13.1. The third-order valence-electron chi connectivity index (χ3n) is 3.48. The molecule has 1 unspecified atom stereocenters. The molecule has 2 rings (SSSR count). The van der Waals surface area contributed by atoms with E-state index in [9.17, 15) is 13.5 Å². The van der Waals surface area contributed by atoms with Crippen LogP contribution >= 0.6 is 0 Å². The Hall–Kier alpha value is -2.05. The zero-order valence-electron chi connectivity index (χ0n) is 12.3. The summed E-state index contributed by atoms with van der Waals surface area (Å²) >= 11 is 0. The molecule has 0 aromatic heterocycles. The van der Waals surface area contributed by atoms with Gasteiger partial charge in [0.25, 0.3) is 0 Å². The summed E-state index contributed by atoms with van der Waals surface area (Å²) in [5.74, 6) is 0.326. The lowest BCUT2D eigenvalue weighted by Crippen LogP contribution is -2.32. The van der Waals surface area contributed by atoms with Gasteiger partial charge in [-0.3, -0.25) is 0 Å². The van der Waals surface area contributed by atoms with E-state index < -0.39 is 15.1 Å². The zero-order chi connectivity index (χ0) is 16.2. The molecule has 0 heterocycles. The molecule has 1 atom stereocenters. The molecule has 118 valence electrons. The number of hydrogen-bond donors (Lipinski definition) is 2. The number of nitrogens with two attached hydrogens (primary N) is 1. The Morgan fingerprint density at radius 1 is 1.18 bits per heavy atom. The summed E-state index contributed by atoms with van der Waals surface area (Å²) in [6.07, 6.45) is 0.254. The van der Waals surface area contributed by atoms with Crippen molar-refractivity contribution in [2.75, 3.05) is 13.7 Å². The predicted octanol–water partition coefficient (Wildman–Crippen LogP) is 1.74. The van der Waals surface area contributed by atoms with Gasteiger partial charge < -0.3 is 15.6 Å². The van der Waals surface area contributed by atoms with Crippen molar-refractivity contribution < 1.29 is 18.3 Å². The van der Waals surface area contributed by atoms with Crippen LogP contribution in [0.2, 0.25) is 0 Å². The van der Waals surface area contributed by atoms with Gasteiger partial charge in [-0.05, 0) is 36.2 Å². The first-order valence-corrected chi connectivity index (χ1v) is 8.38. The topological polar surface area (TPSA) is 89.6 Å². The fourth-order valence-electron chi connectivity index (χ4n) is 2.23. The van der Waals surface area contributed by atoms with Crippen molar-refractivity contribution in [2.45, 2.75) is 16.6 Å². The third kappa shape index (κ3) is 3.40. The fraction of sp³-hybridized carbons (Fsp3) is 0.250.